The first-order valence-corrected chi connectivity index (χ1v) is 17.7. The van der Waals surface area contributed by atoms with E-state index in [1.54, 1.807) is 57.5 Å². The Morgan fingerprint density at radius 3 is 2.31 bits per heavy atom. The number of carbonyl (C=O) groups is 4. The largest absolute Gasteiger partial charge is 0.508 e. The molecule has 2 aliphatic heterocycles. The molecule has 2 aromatic rings. The van der Waals surface area contributed by atoms with Gasteiger partial charge < -0.3 is 34.7 Å². The van der Waals surface area contributed by atoms with Gasteiger partial charge in [0, 0.05) is 39.5 Å². The van der Waals surface area contributed by atoms with E-state index in [1.165, 1.54) is 24.3 Å². The topological polar surface area (TPSA) is 165 Å². The SMILES string of the molecule is COc1ccc(C[C@@H]2NC(=O)[C@H](C)[C@H](OC)[C@@H](C)[C@@H](OC)C=C/C=C/CCOC(=O)[C@@H]3CCCN(N3)C(=O)[C@H](Cc3cccc(O)c3)NC2=O)cc1. The van der Waals surface area contributed by atoms with E-state index in [2.05, 4.69) is 16.1 Å². The highest BCUT2D eigenvalue weighted by Crippen LogP contribution is 2.24. The van der Waals surface area contributed by atoms with Gasteiger partial charge in [-0.15, -0.1) is 0 Å². The second-order valence-electron chi connectivity index (χ2n) is 13.2. The van der Waals surface area contributed by atoms with Crippen LogP contribution in [0.15, 0.2) is 72.8 Å². The van der Waals surface area contributed by atoms with Crippen LogP contribution in [0.4, 0.5) is 0 Å². The summed E-state index contributed by atoms with van der Waals surface area (Å²) in [5.41, 5.74) is 4.35. The number of allylic oxidation sites excluding steroid dienone is 2. The lowest BCUT2D eigenvalue weighted by Crippen LogP contribution is -2.62. The van der Waals surface area contributed by atoms with Crippen LogP contribution < -0.4 is 20.8 Å². The number of phenols is 1. The number of nitrogens with zero attached hydrogens (tertiary/aromatic N) is 1. The van der Waals surface area contributed by atoms with Crippen molar-refractivity contribution in [3.63, 3.8) is 0 Å². The van der Waals surface area contributed by atoms with Gasteiger partial charge >= 0.3 is 5.97 Å². The summed E-state index contributed by atoms with van der Waals surface area (Å²) in [7, 11) is 4.67. The second kappa shape index (κ2) is 19.8. The zero-order valence-electron chi connectivity index (χ0n) is 30.6. The van der Waals surface area contributed by atoms with Crippen LogP contribution in [0.1, 0.15) is 44.2 Å². The number of benzene rings is 2. The number of phenolic OH excluding ortho intramolecular Hbond substituents is 1. The number of cyclic esters (lactones) is 1. The number of esters is 1. The molecule has 0 saturated carbocycles. The highest BCUT2D eigenvalue weighted by atomic mass is 16.5. The summed E-state index contributed by atoms with van der Waals surface area (Å²) in [4.78, 5) is 55.4. The molecule has 2 aromatic carbocycles. The second-order valence-corrected chi connectivity index (χ2v) is 13.2. The Bertz CT molecular complexity index is 1560. The van der Waals surface area contributed by atoms with Crippen molar-refractivity contribution in [2.24, 2.45) is 11.8 Å². The summed E-state index contributed by atoms with van der Waals surface area (Å²) in [6.45, 7) is 4.12. The van der Waals surface area contributed by atoms with Crippen LogP contribution in [-0.2, 0) is 46.2 Å². The van der Waals surface area contributed by atoms with Crippen LogP contribution in [0, 0.1) is 11.8 Å². The maximum atomic E-state index is 14.3. The van der Waals surface area contributed by atoms with Crippen LogP contribution in [0.2, 0.25) is 0 Å². The van der Waals surface area contributed by atoms with Crippen LogP contribution >= 0.6 is 0 Å². The standard InChI is InChI=1S/C39H52N4O9/c1-25-34(50-4)15-8-6-7-9-21-52-39(48)31-14-11-20-43(42-31)38(47)33(24-28-12-10-13-29(44)22-28)41-37(46)32(40-36(45)26(2)35(25)51-5)23-27-16-18-30(49-3)19-17-27/h6-8,10,12-13,15-19,22,25-26,31-35,42,44H,9,11,14,20-21,23-24H2,1-5H3,(H,40,45)(H,41,46)/b7-6+,15-8?/t25-,26+,31-,32-,33-,34-,35+/m0/s1. The van der Waals surface area contributed by atoms with Gasteiger partial charge in [0.05, 0.1) is 31.8 Å². The highest BCUT2D eigenvalue weighted by Gasteiger charge is 2.37. The summed E-state index contributed by atoms with van der Waals surface area (Å²) in [5, 5.41) is 17.3. The molecule has 13 heteroatoms. The zero-order chi connectivity index (χ0) is 37.6. The average molecular weight is 721 g/mol. The fourth-order valence-corrected chi connectivity index (χ4v) is 6.56. The van der Waals surface area contributed by atoms with E-state index < -0.39 is 59.9 Å². The molecule has 0 unspecified atom stereocenters. The van der Waals surface area contributed by atoms with E-state index in [1.807, 2.05) is 31.2 Å². The van der Waals surface area contributed by atoms with Crippen LogP contribution in [0.25, 0.3) is 0 Å². The van der Waals surface area contributed by atoms with E-state index in [-0.39, 0.29) is 31.1 Å². The van der Waals surface area contributed by atoms with Gasteiger partial charge in [-0.3, -0.25) is 24.2 Å². The molecule has 13 nitrogen and oxygen atoms in total. The fourth-order valence-electron chi connectivity index (χ4n) is 6.56. The predicted octanol–water partition coefficient (Wildman–Crippen LogP) is 3.01. The predicted molar refractivity (Wildman–Crippen MR) is 194 cm³/mol. The van der Waals surface area contributed by atoms with Crippen molar-refractivity contribution in [3.8, 4) is 11.5 Å². The number of ether oxygens (including phenoxy) is 4. The number of nitrogens with one attached hydrogen (secondary N) is 3. The minimum atomic E-state index is -1.12. The van der Waals surface area contributed by atoms with Crippen molar-refractivity contribution < 1.29 is 43.2 Å². The van der Waals surface area contributed by atoms with Gasteiger partial charge in [0.1, 0.15) is 29.6 Å². The number of hydrazine groups is 1. The van der Waals surface area contributed by atoms with Crippen molar-refractivity contribution in [3.05, 3.63) is 84.0 Å². The zero-order valence-corrected chi connectivity index (χ0v) is 30.6. The number of carbonyl (C=O) groups excluding carboxylic acids is 4. The number of aromatic hydroxyl groups is 1. The molecule has 4 rings (SSSR count). The van der Waals surface area contributed by atoms with Gasteiger partial charge in [0.2, 0.25) is 11.8 Å². The molecule has 2 aliphatic rings. The fraction of sp³-hybridized carbons (Fsp3) is 0.487. The summed E-state index contributed by atoms with van der Waals surface area (Å²) in [5.74, 6) is -2.27. The number of amides is 3. The molecule has 1 saturated heterocycles. The Hall–Kier alpha value is -4.72. The molecule has 4 N–H and O–H groups in total. The molecule has 52 heavy (non-hydrogen) atoms. The van der Waals surface area contributed by atoms with Crippen molar-refractivity contribution >= 4 is 23.7 Å². The maximum Gasteiger partial charge on any atom is 0.324 e. The minimum Gasteiger partial charge on any atom is -0.508 e. The van der Waals surface area contributed by atoms with Crippen molar-refractivity contribution in [1.82, 2.24) is 21.1 Å². The summed E-state index contributed by atoms with van der Waals surface area (Å²) >= 11 is 0. The Kier molecular flexibility index (Phi) is 15.2. The van der Waals surface area contributed by atoms with Crippen LogP contribution in [-0.4, -0.2) is 98.6 Å². The van der Waals surface area contributed by atoms with E-state index in [4.69, 9.17) is 18.9 Å². The monoisotopic (exact) mass is 720 g/mol. The number of hydrogen-bond donors (Lipinski definition) is 4. The third kappa shape index (κ3) is 11.1. The molecule has 0 aliphatic carbocycles. The van der Waals surface area contributed by atoms with Crippen molar-refractivity contribution in [2.45, 2.75) is 76.3 Å². The number of rotatable bonds is 7. The van der Waals surface area contributed by atoms with Crippen LogP contribution in [0.3, 0.4) is 0 Å². The van der Waals surface area contributed by atoms with Gasteiger partial charge in [0.15, 0.2) is 0 Å². The van der Waals surface area contributed by atoms with E-state index in [9.17, 15) is 24.3 Å². The molecule has 1 fully saturated rings. The Morgan fingerprint density at radius 2 is 1.62 bits per heavy atom. The molecule has 2 bridgehead atoms. The summed E-state index contributed by atoms with van der Waals surface area (Å²) < 4.78 is 22.4. The van der Waals surface area contributed by atoms with Gasteiger partial charge in [-0.25, -0.2) is 5.43 Å². The molecule has 7 atom stereocenters. The number of methoxy groups -OCH3 is 3. The van der Waals surface area contributed by atoms with Gasteiger partial charge in [-0.05, 0) is 54.7 Å². The van der Waals surface area contributed by atoms with Crippen molar-refractivity contribution in [1.29, 1.82) is 0 Å². The first kappa shape index (κ1) is 40.1. The van der Waals surface area contributed by atoms with Gasteiger partial charge in [-0.1, -0.05) is 62.4 Å². The number of fused-ring (bicyclic) bond motifs is 2. The van der Waals surface area contributed by atoms with E-state index in [0.29, 0.717) is 37.1 Å². The smallest absolute Gasteiger partial charge is 0.324 e. The normalized spacial score (nSPS) is 27.7. The van der Waals surface area contributed by atoms with Gasteiger partial charge in [-0.2, -0.15) is 0 Å². The molecule has 2 heterocycles. The third-order valence-electron chi connectivity index (χ3n) is 9.50. The molecular weight excluding hydrogens is 668 g/mol. The minimum absolute atomic E-state index is 0.00945. The summed E-state index contributed by atoms with van der Waals surface area (Å²) in [6, 6.07) is 10.6. The molecular formula is C39H52N4O9. The maximum absolute atomic E-state index is 14.3. The first-order chi connectivity index (χ1) is 25.0. The van der Waals surface area contributed by atoms with Gasteiger partial charge in [0.25, 0.3) is 5.91 Å². The first-order valence-electron chi connectivity index (χ1n) is 17.7. The molecule has 0 radical (unpaired) electrons. The quantitative estimate of drug-likeness (QED) is 0.313. The Balaban J connectivity index is 1.71. The Morgan fingerprint density at radius 1 is 0.885 bits per heavy atom. The lowest BCUT2D eigenvalue weighted by molar-refractivity contribution is -0.153. The lowest BCUT2D eigenvalue weighted by atomic mass is 9.87. The van der Waals surface area contributed by atoms with E-state index >= 15 is 0 Å². The molecule has 0 aromatic heterocycles. The molecule has 3 amide bonds. The van der Waals surface area contributed by atoms with E-state index in [0.717, 1.165) is 5.56 Å². The molecule has 282 valence electrons. The number of hydrogen-bond acceptors (Lipinski definition) is 10. The Labute approximate surface area is 305 Å². The highest BCUT2D eigenvalue weighted by molar-refractivity contribution is 5.93. The average Bonchev–Trinajstić information content (AvgIpc) is 3.15. The third-order valence-corrected chi connectivity index (χ3v) is 9.50. The molecule has 0 spiro atoms. The van der Waals surface area contributed by atoms with Crippen LogP contribution in [0.5, 0.6) is 11.5 Å². The summed E-state index contributed by atoms with van der Waals surface area (Å²) in [6.07, 6.45) is 8.07. The van der Waals surface area contributed by atoms with Crippen molar-refractivity contribution in [2.75, 3.05) is 34.5 Å². The lowest BCUT2D eigenvalue weighted by Gasteiger charge is -2.35.